The minimum atomic E-state index is -0.662. The first-order valence-electron chi connectivity index (χ1n) is 6.15. The van der Waals surface area contributed by atoms with Crippen molar-refractivity contribution in [2.45, 2.75) is 38.6 Å². The van der Waals surface area contributed by atoms with Crippen LogP contribution in [0.4, 0.5) is 0 Å². The lowest BCUT2D eigenvalue weighted by Crippen LogP contribution is -2.44. The van der Waals surface area contributed by atoms with Crippen LogP contribution in [0.3, 0.4) is 0 Å². The van der Waals surface area contributed by atoms with Crippen molar-refractivity contribution < 1.29 is 4.74 Å². The van der Waals surface area contributed by atoms with Crippen LogP contribution in [0.25, 0.3) is 0 Å². The van der Waals surface area contributed by atoms with Crippen LogP contribution in [-0.2, 0) is 5.41 Å². The number of ether oxygens (including phenoxy) is 1. The predicted molar refractivity (Wildman–Crippen MR) is 73.7 cm³/mol. The molecule has 1 rings (SSSR count). The fourth-order valence-electron chi connectivity index (χ4n) is 1.59. The van der Waals surface area contributed by atoms with E-state index < -0.39 is 5.54 Å². The van der Waals surface area contributed by atoms with E-state index in [0.717, 1.165) is 11.3 Å². The first-order valence-corrected chi connectivity index (χ1v) is 6.15. The molecule has 1 N–H and O–H groups in total. The van der Waals surface area contributed by atoms with E-state index in [1.165, 1.54) is 0 Å². The maximum atomic E-state index is 9.10. The van der Waals surface area contributed by atoms with Gasteiger partial charge in [0.2, 0.25) is 0 Å². The first kappa shape index (κ1) is 14.5. The molecule has 0 radical (unpaired) electrons. The van der Waals surface area contributed by atoms with Crippen molar-refractivity contribution in [3.63, 3.8) is 0 Å². The zero-order valence-electron chi connectivity index (χ0n) is 11.9. The molecule has 3 heteroatoms. The number of hydrogen-bond donors (Lipinski definition) is 1. The minimum Gasteiger partial charge on any atom is -0.490 e. The molecule has 0 saturated heterocycles. The fraction of sp³-hybridized carbons (Fsp3) is 0.533. The fourth-order valence-corrected chi connectivity index (χ4v) is 1.59. The SMILES string of the molecule is CNC(C)(C#N)COc1ccccc1C(C)(C)C. The molecule has 0 aliphatic carbocycles. The Morgan fingerprint density at radius 3 is 2.33 bits per heavy atom. The second-order valence-corrected chi connectivity index (χ2v) is 5.73. The highest BCUT2D eigenvalue weighted by atomic mass is 16.5. The van der Waals surface area contributed by atoms with Gasteiger partial charge in [0.05, 0.1) is 6.07 Å². The second kappa shape index (κ2) is 5.41. The van der Waals surface area contributed by atoms with E-state index in [0.29, 0.717) is 6.61 Å². The average molecular weight is 246 g/mol. The number of hydrogen-bond acceptors (Lipinski definition) is 3. The molecule has 1 aromatic rings. The van der Waals surface area contributed by atoms with Gasteiger partial charge in [0.25, 0.3) is 0 Å². The summed E-state index contributed by atoms with van der Waals surface area (Å²) in [4.78, 5) is 0. The number of benzene rings is 1. The van der Waals surface area contributed by atoms with Crippen molar-refractivity contribution in [2.24, 2.45) is 0 Å². The van der Waals surface area contributed by atoms with E-state index in [-0.39, 0.29) is 5.41 Å². The van der Waals surface area contributed by atoms with Crippen molar-refractivity contribution in [3.8, 4) is 11.8 Å². The maximum absolute atomic E-state index is 9.10. The van der Waals surface area contributed by atoms with Crippen LogP contribution in [0.15, 0.2) is 24.3 Å². The lowest BCUT2D eigenvalue weighted by molar-refractivity contribution is 0.237. The Labute approximate surface area is 110 Å². The topological polar surface area (TPSA) is 45.0 Å². The molecular weight excluding hydrogens is 224 g/mol. The lowest BCUT2D eigenvalue weighted by Gasteiger charge is -2.26. The number of nitrogens with zero attached hydrogens (tertiary/aromatic N) is 1. The zero-order chi connectivity index (χ0) is 13.8. The van der Waals surface area contributed by atoms with E-state index in [4.69, 9.17) is 10.00 Å². The third kappa shape index (κ3) is 3.48. The van der Waals surface area contributed by atoms with Crippen LogP contribution in [0, 0.1) is 11.3 Å². The summed E-state index contributed by atoms with van der Waals surface area (Å²) in [5, 5.41) is 12.1. The largest absolute Gasteiger partial charge is 0.490 e. The van der Waals surface area contributed by atoms with E-state index >= 15 is 0 Å². The molecule has 1 aromatic carbocycles. The smallest absolute Gasteiger partial charge is 0.137 e. The highest BCUT2D eigenvalue weighted by Gasteiger charge is 2.24. The molecule has 0 saturated carbocycles. The molecule has 98 valence electrons. The zero-order valence-corrected chi connectivity index (χ0v) is 11.9. The normalized spacial score (nSPS) is 14.7. The summed E-state index contributed by atoms with van der Waals surface area (Å²) in [6.07, 6.45) is 0. The number of nitriles is 1. The molecule has 0 spiro atoms. The number of likely N-dealkylation sites (N-methyl/N-ethyl adjacent to an activating group) is 1. The number of para-hydroxylation sites is 1. The van der Waals surface area contributed by atoms with Crippen molar-refractivity contribution in [1.29, 1.82) is 5.26 Å². The van der Waals surface area contributed by atoms with Crippen molar-refractivity contribution in [3.05, 3.63) is 29.8 Å². The van der Waals surface area contributed by atoms with Gasteiger partial charge in [-0.25, -0.2) is 0 Å². The lowest BCUT2D eigenvalue weighted by atomic mass is 9.86. The molecule has 0 aliphatic heterocycles. The molecule has 1 atom stereocenters. The maximum Gasteiger partial charge on any atom is 0.137 e. The second-order valence-electron chi connectivity index (χ2n) is 5.73. The van der Waals surface area contributed by atoms with Gasteiger partial charge in [0.1, 0.15) is 17.9 Å². The highest BCUT2D eigenvalue weighted by Crippen LogP contribution is 2.31. The summed E-state index contributed by atoms with van der Waals surface area (Å²) in [5.74, 6) is 0.849. The molecule has 0 fully saturated rings. The third-order valence-electron chi connectivity index (χ3n) is 3.01. The summed E-state index contributed by atoms with van der Waals surface area (Å²) in [6.45, 7) is 8.60. The van der Waals surface area contributed by atoms with Crippen molar-refractivity contribution in [2.75, 3.05) is 13.7 Å². The van der Waals surface area contributed by atoms with Crippen LogP contribution in [-0.4, -0.2) is 19.2 Å². The van der Waals surface area contributed by atoms with Crippen LogP contribution in [0.2, 0.25) is 0 Å². The summed E-state index contributed by atoms with van der Waals surface area (Å²) < 4.78 is 5.83. The molecule has 1 unspecified atom stereocenters. The van der Waals surface area contributed by atoms with Crippen LogP contribution in [0.5, 0.6) is 5.75 Å². The molecule has 0 bridgehead atoms. The molecule has 0 aromatic heterocycles. The Hall–Kier alpha value is -1.53. The van der Waals surface area contributed by atoms with Crippen LogP contribution >= 0.6 is 0 Å². The van der Waals surface area contributed by atoms with Crippen molar-refractivity contribution >= 4 is 0 Å². The quantitative estimate of drug-likeness (QED) is 0.888. The Morgan fingerprint density at radius 1 is 1.22 bits per heavy atom. The van der Waals surface area contributed by atoms with Crippen LogP contribution in [0.1, 0.15) is 33.3 Å². The number of nitrogens with one attached hydrogen (secondary N) is 1. The van der Waals surface area contributed by atoms with Gasteiger partial charge in [-0.15, -0.1) is 0 Å². The Morgan fingerprint density at radius 2 is 1.83 bits per heavy atom. The monoisotopic (exact) mass is 246 g/mol. The average Bonchev–Trinajstić information content (AvgIpc) is 2.35. The third-order valence-corrected chi connectivity index (χ3v) is 3.01. The van der Waals surface area contributed by atoms with E-state index in [1.54, 1.807) is 7.05 Å². The highest BCUT2D eigenvalue weighted by molar-refractivity contribution is 5.38. The molecule has 0 amide bonds. The summed E-state index contributed by atoms with van der Waals surface area (Å²) in [6, 6.07) is 10.2. The molecule has 3 nitrogen and oxygen atoms in total. The van der Waals surface area contributed by atoms with Gasteiger partial charge in [0, 0.05) is 0 Å². The predicted octanol–water partition coefficient (Wildman–Crippen LogP) is 2.86. The van der Waals surface area contributed by atoms with E-state index in [1.807, 2.05) is 25.1 Å². The summed E-state index contributed by atoms with van der Waals surface area (Å²) in [5.41, 5.74) is 0.519. The molecular formula is C15H22N2O. The molecule has 0 aliphatic rings. The Kier molecular flexibility index (Phi) is 4.37. The Balaban J connectivity index is 2.90. The first-order chi connectivity index (χ1) is 8.32. The number of rotatable bonds is 4. The van der Waals surface area contributed by atoms with Gasteiger partial charge < -0.3 is 4.74 Å². The van der Waals surface area contributed by atoms with E-state index in [2.05, 4.69) is 38.2 Å². The van der Waals surface area contributed by atoms with Gasteiger partial charge in [-0.3, -0.25) is 5.32 Å². The Bertz CT molecular complexity index is 443. The van der Waals surface area contributed by atoms with Gasteiger partial charge in [-0.1, -0.05) is 39.0 Å². The van der Waals surface area contributed by atoms with Gasteiger partial charge in [-0.2, -0.15) is 5.26 Å². The minimum absolute atomic E-state index is 0.0271. The van der Waals surface area contributed by atoms with Crippen molar-refractivity contribution in [1.82, 2.24) is 5.32 Å². The van der Waals surface area contributed by atoms with Crippen LogP contribution < -0.4 is 10.1 Å². The van der Waals surface area contributed by atoms with Gasteiger partial charge in [-0.05, 0) is 31.0 Å². The van der Waals surface area contributed by atoms with E-state index in [9.17, 15) is 0 Å². The van der Waals surface area contributed by atoms with Gasteiger partial charge in [0.15, 0.2) is 0 Å². The molecule has 18 heavy (non-hydrogen) atoms. The van der Waals surface area contributed by atoms with Gasteiger partial charge >= 0.3 is 0 Å². The summed E-state index contributed by atoms with van der Waals surface area (Å²) >= 11 is 0. The summed E-state index contributed by atoms with van der Waals surface area (Å²) in [7, 11) is 1.77. The molecule has 0 heterocycles. The standard InChI is InChI=1S/C15H22N2O/c1-14(2,3)12-8-6-7-9-13(12)18-11-15(4,10-16)17-5/h6-9,17H,11H2,1-5H3.